The Hall–Kier alpha value is -0.000000000000000111. The molecule has 1 saturated heterocycles. The first kappa shape index (κ1) is 11.5. The van der Waals surface area contributed by atoms with E-state index in [1.54, 1.807) is 6.92 Å². The molecule has 1 unspecified atom stereocenters. The Morgan fingerprint density at radius 2 is 2.20 bits per heavy atom. The van der Waals surface area contributed by atoms with Gasteiger partial charge in [-0.05, 0) is 6.92 Å². The lowest BCUT2D eigenvalue weighted by atomic mass is 10.3. The highest BCUT2D eigenvalue weighted by molar-refractivity contribution is 8.06. The molecule has 2 rings (SSSR count). The highest BCUT2D eigenvalue weighted by Gasteiger charge is 2.21. The number of aromatic nitrogens is 2. The van der Waals surface area contributed by atoms with E-state index in [0.717, 1.165) is 17.3 Å². The van der Waals surface area contributed by atoms with Crippen LogP contribution >= 0.6 is 35.1 Å². The van der Waals surface area contributed by atoms with E-state index < -0.39 is 5.82 Å². The van der Waals surface area contributed by atoms with Crippen molar-refractivity contribution in [3.63, 3.8) is 0 Å². The minimum absolute atomic E-state index is 0.0614. The molecule has 15 heavy (non-hydrogen) atoms. The summed E-state index contributed by atoms with van der Waals surface area (Å²) in [6.45, 7) is 1.62. The molecule has 0 radical (unpaired) electrons. The van der Waals surface area contributed by atoms with Crippen LogP contribution in [0, 0.1) is 12.7 Å². The molecule has 2 heterocycles. The van der Waals surface area contributed by atoms with Crippen molar-refractivity contribution in [1.82, 2.24) is 9.97 Å². The van der Waals surface area contributed by atoms with Crippen LogP contribution in [-0.2, 0) is 0 Å². The van der Waals surface area contributed by atoms with Gasteiger partial charge in [0.2, 0.25) is 0 Å². The third-order valence-electron chi connectivity index (χ3n) is 2.10. The first-order valence-electron chi connectivity index (χ1n) is 4.57. The van der Waals surface area contributed by atoms with Crippen molar-refractivity contribution in [1.29, 1.82) is 0 Å². The maximum atomic E-state index is 13.2. The van der Waals surface area contributed by atoms with Crippen molar-refractivity contribution >= 4 is 35.1 Å². The number of halogens is 2. The zero-order valence-corrected chi connectivity index (χ0v) is 10.6. The summed E-state index contributed by atoms with van der Waals surface area (Å²) < 4.78 is 13.2. The van der Waals surface area contributed by atoms with Crippen molar-refractivity contribution in [2.24, 2.45) is 0 Å². The van der Waals surface area contributed by atoms with Crippen LogP contribution in [0.2, 0.25) is 5.15 Å². The van der Waals surface area contributed by atoms with Gasteiger partial charge < -0.3 is 0 Å². The molecule has 1 aliphatic heterocycles. The zero-order valence-electron chi connectivity index (χ0n) is 8.17. The van der Waals surface area contributed by atoms with Gasteiger partial charge in [-0.2, -0.15) is 11.8 Å². The Labute approximate surface area is 101 Å². The van der Waals surface area contributed by atoms with E-state index in [2.05, 4.69) is 9.97 Å². The highest BCUT2D eigenvalue weighted by atomic mass is 35.5. The number of thioether (sulfide) groups is 2. The van der Waals surface area contributed by atoms with Crippen molar-refractivity contribution < 1.29 is 4.39 Å². The Kier molecular flexibility index (Phi) is 3.74. The van der Waals surface area contributed by atoms with Gasteiger partial charge in [-0.1, -0.05) is 11.6 Å². The first-order valence-corrected chi connectivity index (χ1v) is 7.15. The molecule has 1 atom stereocenters. The van der Waals surface area contributed by atoms with E-state index >= 15 is 0 Å². The van der Waals surface area contributed by atoms with Crippen LogP contribution in [0.15, 0.2) is 0 Å². The van der Waals surface area contributed by atoms with Crippen LogP contribution in [0.25, 0.3) is 0 Å². The first-order chi connectivity index (χ1) is 7.18. The fraction of sp³-hybridized carbons (Fsp3) is 0.556. The Balaban J connectivity index is 2.27. The van der Waals surface area contributed by atoms with Gasteiger partial charge in [-0.25, -0.2) is 14.4 Å². The molecule has 82 valence electrons. The fourth-order valence-corrected chi connectivity index (χ4v) is 4.15. The third-order valence-corrected chi connectivity index (χ3v) is 5.10. The molecule has 1 aromatic heterocycles. The van der Waals surface area contributed by atoms with Crippen LogP contribution in [-0.4, -0.2) is 27.2 Å². The third kappa shape index (κ3) is 2.57. The lowest BCUT2D eigenvalue weighted by Crippen LogP contribution is -2.11. The summed E-state index contributed by atoms with van der Waals surface area (Å²) >= 11 is 9.38. The smallest absolute Gasteiger partial charge is 0.181 e. The highest BCUT2D eigenvalue weighted by Crippen LogP contribution is 2.35. The summed E-state index contributed by atoms with van der Waals surface area (Å²) in [6, 6.07) is 0. The molecule has 0 bridgehead atoms. The van der Waals surface area contributed by atoms with E-state index in [1.807, 2.05) is 23.5 Å². The van der Waals surface area contributed by atoms with E-state index in [0.29, 0.717) is 11.5 Å². The number of nitrogens with zero attached hydrogens (tertiary/aromatic N) is 2. The van der Waals surface area contributed by atoms with Crippen LogP contribution < -0.4 is 0 Å². The van der Waals surface area contributed by atoms with Gasteiger partial charge in [0.1, 0.15) is 5.82 Å². The van der Waals surface area contributed by atoms with E-state index in [-0.39, 0.29) is 10.4 Å². The van der Waals surface area contributed by atoms with E-state index in [1.165, 1.54) is 0 Å². The van der Waals surface area contributed by atoms with Crippen molar-refractivity contribution in [3.05, 3.63) is 22.5 Å². The quantitative estimate of drug-likeness (QED) is 0.728. The minimum Gasteiger partial charge on any atom is -0.234 e. The predicted molar refractivity (Wildman–Crippen MR) is 64.3 cm³/mol. The maximum absolute atomic E-state index is 13.2. The minimum atomic E-state index is -0.506. The molecule has 0 saturated carbocycles. The average molecular weight is 265 g/mol. The molecule has 0 aliphatic carbocycles. The standard InChI is InChI=1S/C9H10ClFN2S2/c1-5-7(11)8(10)13-9(12-5)6-4-14-2-3-15-6/h6H,2-4H2,1H3. The summed E-state index contributed by atoms with van der Waals surface area (Å²) in [5.74, 6) is 3.39. The number of rotatable bonds is 1. The second-order valence-electron chi connectivity index (χ2n) is 3.21. The summed E-state index contributed by atoms with van der Waals surface area (Å²) in [7, 11) is 0. The van der Waals surface area contributed by atoms with Gasteiger partial charge in [-0.15, -0.1) is 11.8 Å². The zero-order chi connectivity index (χ0) is 10.8. The molecular formula is C9H10ClFN2S2. The maximum Gasteiger partial charge on any atom is 0.181 e. The van der Waals surface area contributed by atoms with Gasteiger partial charge >= 0.3 is 0 Å². The molecule has 2 nitrogen and oxygen atoms in total. The van der Waals surface area contributed by atoms with Gasteiger partial charge in [0.05, 0.1) is 10.9 Å². The Morgan fingerprint density at radius 3 is 2.80 bits per heavy atom. The normalized spacial score (nSPS) is 21.7. The van der Waals surface area contributed by atoms with Crippen molar-refractivity contribution in [3.8, 4) is 0 Å². The Morgan fingerprint density at radius 1 is 1.40 bits per heavy atom. The van der Waals surface area contributed by atoms with Crippen LogP contribution in [0.3, 0.4) is 0 Å². The van der Waals surface area contributed by atoms with Crippen molar-refractivity contribution in [2.75, 3.05) is 17.3 Å². The van der Waals surface area contributed by atoms with Crippen molar-refractivity contribution in [2.45, 2.75) is 12.2 Å². The lowest BCUT2D eigenvalue weighted by molar-refractivity contribution is 0.596. The summed E-state index contributed by atoms with van der Waals surface area (Å²) in [6.07, 6.45) is 0. The molecule has 6 heteroatoms. The Bertz CT molecular complexity index is 346. The van der Waals surface area contributed by atoms with E-state index in [9.17, 15) is 4.39 Å². The average Bonchev–Trinajstić information content (AvgIpc) is 2.26. The van der Waals surface area contributed by atoms with Crippen LogP contribution in [0.5, 0.6) is 0 Å². The number of aryl methyl sites for hydroxylation is 1. The number of hydrogen-bond donors (Lipinski definition) is 0. The SMILES string of the molecule is Cc1nc(C2CSCCS2)nc(Cl)c1F. The van der Waals surface area contributed by atoms with Gasteiger partial charge in [-0.3, -0.25) is 0 Å². The molecule has 1 fully saturated rings. The second-order valence-corrected chi connectivity index (χ2v) is 6.02. The van der Waals surface area contributed by atoms with Gasteiger partial charge in [0.15, 0.2) is 11.0 Å². The monoisotopic (exact) mass is 264 g/mol. The predicted octanol–water partition coefficient (Wildman–Crippen LogP) is 3.10. The van der Waals surface area contributed by atoms with Gasteiger partial charge in [0.25, 0.3) is 0 Å². The summed E-state index contributed by atoms with van der Waals surface area (Å²) in [4.78, 5) is 8.15. The molecule has 1 aromatic rings. The molecule has 0 N–H and O–H groups in total. The number of hydrogen-bond acceptors (Lipinski definition) is 4. The molecule has 0 amide bonds. The van der Waals surface area contributed by atoms with E-state index in [4.69, 9.17) is 11.6 Å². The molecule has 0 spiro atoms. The lowest BCUT2D eigenvalue weighted by Gasteiger charge is -2.19. The summed E-state index contributed by atoms with van der Waals surface area (Å²) in [5, 5.41) is 0.189. The largest absolute Gasteiger partial charge is 0.234 e. The molecule has 1 aliphatic rings. The van der Waals surface area contributed by atoms with Crippen LogP contribution in [0.1, 0.15) is 16.8 Å². The van der Waals surface area contributed by atoms with Gasteiger partial charge in [0, 0.05) is 17.3 Å². The topological polar surface area (TPSA) is 25.8 Å². The second kappa shape index (κ2) is 4.89. The molecule has 0 aromatic carbocycles. The molecular weight excluding hydrogens is 255 g/mol. The van der Waals surface area contributed by atoms with Crippen LogP contribution in [0.4, 0.5) is 4.39 Å². The summed E-state index contributed by atoms with van der Waals surface area (Å²) in [5.41, 5.74) is 0.334. The fourth-order valence-electron chi connectivity index (χ4n) is 1.33.